The molecule has 1 amide bonds. The molecule has 0 bridgehead atoms. The maximum absolute atomic E-state index is 13.9. The van der Waals surface area contributed by atoms with E-state index in [1.807, 2.05) is 0 Å². The first-order valence-electron chi connectivity index (χ1n) is 9.04. The Hall–Kier alpha value is -2.65. The molecule has 1 fully saturated rings. The predicted molar refractivity (Wildman–Crippen MR) is 90.1 cm³/mol. The molecule has 150 valence electrons. The molecule has 3 heterocycles. The van der Waals surface area contributed by atoms with Crippen molar-refractivity contribution in [2.45, 2.75) is 44.2 Å². The average Bonchev–Trinajstić information content (AvgIpc) is 3.16. The summed E-state index contributed by atoms with van der Waals surface area (Å²) in [4.78, 5) is 26.6. The van der Waals surface area contributed by atoms with Crippen LogP contribution in [0.25, 0.3) is 0 Å². The first-order valence-corrected chi connectivity index (χ1v) is 9.04. The van der Waals surface area contributed by atoms with E-state index >= 15 is 0 Å². The molecule has 4 rings (SSSR count). The van der Waals surface area contributed by atoms with Gasteiger partial charge in [0.2, 0.25) is 5.91 Å². The summed E-state index contributed by atoms with van der Waals surface area (Å²) in [5.41, 5.74) is -0.524. The maximum Gasteiger partial charge on any atom is 0.346 e. The third kappa shape index (κ3) is 3.31. The summed E-state index contributed by atoms with van der Waals surface area (Å²) in [7, 11) is 0. The molecular formula is C18H18F4N4O2. The highest BCUT2D eigenvalue weighted by atomic mass is 19.3. The fourth-order valence-corrected chi connectivity index (χ4v) is 3.81. The number of rotatable bonds is 3. The van der Waals surface area contributed by atoms with Gasteiger partial charge >= 0.3 is 5.69 Å². The zero-order valence-electron chi connectivity index (χ0n) is 14.9. The van der Waals surface area contributed by atoms with Crippen LogP contribution in [0.4, 0.5) is 17.6 Å². The molecule has 2 aromatic rings. The molecule has 0 saturated carbocycles. The summed E-state index contributed by atoms with van der Waals surface area (Å²) in [6.07, 6.45) is 0.997. The van der Waals surface area contributed by atoms with Crippen LogP contribution in [0.3, 0.4) is 0 Å². The summed E-state index contributed by atoms with van der Waals surface area (Å²) < 4.78 is 56.2. The van der Waals surface area contributed by atoms with Crippen molar-refractivity contribution in [2.24, 2.45) is 0 Å². The SMILES string of the molecule is O=C([C@@H]1CCCc2nn(Cc3ccc(F)cc3F)c(=O)n21)N1CCC(F)(F)C1. The standard InChI is InChI=1S/C18H18F4N4O2/c19-12-5-4-11(13(20)8-12)9-25-17(28)26-14(2-1-3-15(26)23-25)16(27)24-7-6-18(21,22)10-24/h4-5,8,14H,1-3,6-7,9-10H2/t14-/m0/s1. The number of likely N-dealkylation sites (tertiary alicyclic amines) is 1. The van der Waals surface area contributed by atoms with Gasteiger partial charge in [-0.2, -0.15) is 5.10 Å². The molecule has 6 nitrogen and oxygen atoms in total. The molecule has 1 aromatic heterocycles. The van der Waals surface area contributed by atoms with Crippen LogP contribution in [0.5, 0.6) is 0 Å². The van der Waals surface area contributed by atoms with Crippen molar-refractivity contribution in [2.75, 3.05) is 13.1 Å². The molecule has 0 unspecified atom stereocenters. The zero-order chi connectivity index (χ0) is 20.1. The van der Waals surface area contributed by atoms with Gasteiger partial charge in [-0.3, -0.25) is 9.36 Å². The highest BCUT2D eigenvalue weighted by Crippen LogP contribution is 2.31. The summed E-state index contributed by atoms with van der Waals surface area (Å²) in [6, 6.07) is 2.14. The van der Waals surface area contributed by atoms with E-state index in [0.29, 0.717) is 25.1 Å². The number of amides is 1. The number of aryl methyl sites for hydroxylation is 1. The van der Waals surface area contributed by atoms with Crippen LogP contribution in [-0.2, 0) is 17.8 Å². The second-order valence-electron chi connectivity index (χ2n) is 7.24. The number of nitrogens with zero attached hydrogens (tertiary/aromatic N) is 4. The Labute approximate surface area is 157 Å². The lowest BCUT2D eigenvalue weighted by molar-refractivity contribution is -0.135. The van der Waals surface area contributed by atoms with Gasteiger partial charge in [0.1, 0.15) is 23.5 Å². The minimum atomic E-state index is -2.91. The summed E-state index contributed by atoms with van der Waals surface area (Å²) >= 11 is 0. The van der Waals surface area contributed by atoms with Gasteiger partial charge in [-0.05, 0) is 18.9 Å². The number of halogens is 4. The van der Waals surface area contributed by atoms with E-state index in [4.69, 9.17) is 0 Å². The number of fused-ring (bicyclic) bond motifs is 1. The van der Waals surface area contributed by atoms with Crippen LogP contribution in [0.15, 0.2) is 23.0 Å². The largest absolute Gasteiger partial charge is 0.346 e. The molecule has 0 radical (unpaired) electrons. The molecule has 1 aromatic carbocycles. The molecule has 1 saturated heterocycles. The van der Waals surface area contributed by atoms with Crippen LogP contribution in [-0.4, -0.2) is 44.2 Å². The van der Waals surface area contributed by atoms with Crippen molar-refractivity contribution in [1.29, 1.82) is 0 Å². The van der Waals surface area contributed by atoms with Crippen molar-refractivity contribution in [3.8, 4) is 0 Å². The number of carbonyl (C=O) groups excluding carboxylic acids is 1. The van der Waals surface area contributed by atoms with Crippen molar-refractivity contribution >= 4 is 5.91 Å². The number of hydrogen-bond donors (Lipinski definition) is 0. The third-order valence-electron chi connectivity index (χ3n) is 5.23. The van der Waals surface area contributed by atoms with Gasteiger partial charge in [-0.15, -0.1) is 0 Å². The Morgan fingerprint density at radius 2 is 2.07 bits per heavy atom. The van der Waals surface area contributed by atoms with E-state index in [2.05, 4.69) is 5.10 Å². The van der Waals surface area contributed by atoms with E-state index in [1.54, 1.807) is 0 Å². The van der Waals surface area contributed by atoms with Crippen molar-refractivity contribution in [3.63, 3.8) is 0 Å². The predicted octanol–water partition coefficient (Wildman–Crippen LogP) is 2.12. The van der Waals surface area contributed by atoms with E-state index < -0.39 is 48.2 Å². The van der Waals surface area contributed by atoms with Gasteiger partial charge in [-0.25, -0.2) is 27.0 Å². The molecule has 28 heavy (non-hydrogen) atoms. The average molecular weight is 398 g/mol. The van der Waals surface area contributed by atoms with E-state index in [-0.39, 0.29) is 18.7 Å². The number of carbonyl (C=O) groups is 1. The number of benzene rings is 1. The van der Waals surface area contributed by atoms with E-state index in [1.165, 1.54) is 10.6 Å². The fraction of sp³-hybridized carbons (Fsp3) is 0.500. The summed E-state index contributed by atoms with van der Waals surface area (Å²) in [5.74, 6) is -4.60. The number of aromatic nitrogens is 3. The molecular weight excluding hydrogens is 380 g/mol. The molecule has 0 spiro atoms. The highest BCUT2D eigenvalue weighted by molar-refractivity contribution is 5.81. The first kappa shape index (κ1) is 18.7. The highest BCUT2D eigenvalue weighted by Gasteiger charge is 2.43. The Bertz CT molecular complexity index is 984. The number of hydrogen-bond acceptors (Lipinski definition) is 3. The lowest BCUT2D eigenvalue weighted by Gasteiger charge is -2.27. The molecule has 0 N–H and O–H groups in total. The van der Waals surface area contributed by atoms with Gasteiger partial charge < -0.3 is 4.90 Å². The Morgan fingerprint density at radius 1 is 1.29 bits per heavy atom. The number of alkyl halides is 2. The van der Waals surface area contributed by atoms with Crippen LogP contribution in [0.1, 0.15) is 36.7 Å². The maximum atomic E-state index is 13.9. The van der Waals surface area contributed by atoms with Crippen LogP contribution >= 0.6 is 0 Å². The smallest absolute Gasteiger partial charge is 0.335 e. The fourth-order valence-electron chi connectivity index (χ4n) is 3.81. The van der Waals surface area contributed by atoms with Crippen molar-refractivity contribution in [1.82, 2.24) is 19.2 Å². The van der Waals surface area contributed by atoms with Gasteiger partial charge in [0.05, 0.1) is 13.1 Å². The lowest BCUT2D eigenvalue weighted by atomic mass is 10.0. The summed E-state index contributed by atoms with van der Waals surface area (Å²) in [6.45, 7) is -0.920. The van der Waals surface area contributed by atoms with E-state index in [9.17, 15) is 27.2 Å². The molecule has 2 aliphatic heterocycles. The normalized spacial score (nSPS) is 21.0. The second-order valence-corrected chi connectivity index (χ2v) is 7.24. The minimum absolute atomic E-state index is 0.0542. The van der Waals surface area contributed by atoms with Crippen molar-refractivity contribution in [3.05, 3.63) is 51.7 Å². The lowest BCUT2D eigenvalue weighted by Crippen LogP contribution is -2.42. The van der Waals surface area contributed by atoms with Crippen LogP contribution < -0.4 is 5.69 Å². The van der Waals surface area contributed by atoms with Gasteiger partial charge in [0, 0.05) is 31.0 Å². The Balaban J connectivity index is 1.63. The van der Waals surface area contributed by atoms with Crippen LogP contribution in [0.2, 0.25) is 0 Å². The van der Waals surface area contributed by atoms with Gasteiger partial charge in [0.25, 0.3) is 5.92 Å². The van der Waals surface area contributed by atoms with Crippen LogP contribution in [0, 0.1) is 11.6 Å². The summed E-state index contributed by atoms with van der Waals surface area (Å²) in [5, 5.41) is 4.18. The van der Waals surface area contributed by atoms with Gasteiger partial charge in [-0.1, -0.05) is 6.07 Å². The monoisotopic (exact) mass is 398 g/mol. The topological polar surface area (TPSA) is 60.1 Å². The quantitative estimate of drug-likeness (QED) is 0.745. The van der Waals surface area contributed by atoms with Gasteiger partial charge in [0.15, 0.2) is 0 Å². The minimum Gasteiger partial charge on any atom is -0.335 e. The zero-order valence-corrected chi connectivity index (χ0v) is 14.9. The third-order valence-corrected chi connectivity index (χ3v) is 5.23. The first-order chi connectivity index (χ1) is 13.2. The molecule has 10 heteroatoms. The molecule has 2 aliphatic rings. The molecule has 0 aliphatic carbocycles. The molecule has 1 atom stereocenters. The van der Waals surface area contributed by atoms with Crippen molar-refractivity contribution < 1.29 is 22.4 Å². The second kappa shape index (κ2) is 6.75. The Morgan fingerprint density at radius 3 is 2.75 bits per heavy atom. The Kier molecular flexibility index (Phi) is 4.51. The van der Waals surface area contributed by atoms with E-state index in [0.717, 1.165) is 21.7 Å².